The number of benzene rings is 2. The molecule has 0 N–H and O–H groups in total. The summed E-state index contributed by atoms with van der Waals surface area (Å²) in [7, 11) is 0. The van der Waals surface area contributed by atoms with Crippen LogP contribution >= 0.6 is 31.9 Å². The van der Waals surface area contributed by atoms with Crippen molar-refractivity contribution in [3.05, 3.63) is 21.1 Å². The van der Waals surface area contributed by atoms with Gasteiger partial charge in [0.2, 0.25) is 0 Å². The molecule has 4 aromatic rings. The second-order valence-corrected chi connectivity index (χ2v) is 7.66. The van der Waals surface area contributed by atoms with E-state index in [-0.39, 0.29) is 29.9 Å². The van der Waals surface area contributed by atoms with Crippen molar-refractivity contribution in [3.63, 3.8) is 0 Å². The average Bonchev–Trinajstić information content (AvgIpc) is 2.98. The number of rotatable bonds is 0. The predicted octanol–water partition coefficient (Wildman–Crippen LogP) is 2.37. The van der Waals surface area contributed by atoms with Crippen molar-refractivity contribution in [2.45, 2.75) is 0 Å². The van der Waals surface area contributed by atoms with Gasteiger partial charge in [-0.2, -0.15) is 0 Å². The fourth-order valence-corrected chi connectivity index (χ4v) is 5.93. The van der Waals surface area contributed by atoms with Crippen LogP contribution in [0.1, 0.15) is 0 Å². The summed E-state index contributed by atoms with van der Waals surface area (Å²) in [6, 6.07) is 4.17. The SMILES string of the molecule is Brc1cc2c(cc(Br)c3n[se]nc32)c2n[se]nc12. The van der Waals surface area contributed by atoms with Crippen LogP contribution in [0.2, 0.25) is 0 Å². The van der Waals surface area contributed by atoms with Crippen molar-refractivity contribution in [1.82, 2.24) is 15.9 Å². The number of fused-ring (bicyclic) bond motifs is 5. The fourth-order valence-electron chi connectivity index (χ4n) is 1.98. The maximum atomic E-state index is 4.53. The Morgan fingerprint density at radius 3 is 1.50 bits per heavy atom. The van der Waals surface area contributed by atoms with Crippen LogP contribution in [-0.4, -0.2) is 45.8 Å². The molecule has 0 aliphatic rings. The number of hydrogen-bond donors (Lipinski definition) is 0. The van der Waals surface area contributed by atoms with E-state index in [0.717, 1.165) is 41.8 Å². The van der Waals surface area contributed by atoms with Gasteiger partial charge in [-0.1, -0.05) is 0 Å². The van der Waals surface area contributed by atoms with Crippen LogP contribution in [0.5, 0.6) is 0 Å². The van der Waals surface area contributed by atoms with Crippen molar-refractivity contribution < 1.29 is 0 Å². The zero-order chi connectivity index (χ0) is 12.3. The molecular formula is C10H2Br2N4Se2. The van der Waals surface area contributed by atoms with E-state index in [1.54, 1.807) is 0 Å². The Labute approximate surface area is 130 Å². The Bertz CT molecular complexity index is 839. The molecule has 4 rings (SSSR count). The maximum absolute atomic E-state index is 4.53. The number of nitrogens with zero attached hydrogens (tertiary/aromatic N) is 4. The molecule has 18 heavy (non-hydrogen) atoms. The Kier molecular flexibility index (Phi) is 2.73. The van der Waals surface area contributed by atoms with Gasteiger partial charge in [0.15, 0.2) is 0 Å². The van der Waals surface area contributed by atoms with Crippen LogP contribution in [0.15, 0.2) is 21.1 Å². The monoisotopic (exact) mass is 496 g/mol. The van der Waals surface area contributed by atoms with Gasteiger partial charge in [0.25, 0.3) is 0 Å². The molecule has 0 saturated carbocycles. The van der Waals surface area contributed by atoms with Crippen LogP contribution in [-0.2, 0) is 0 Å². The third-order valence-corrected chi connectivity index (χ3v) is 6.20. The van der Waals surface area contributed by atoms with E-state index in [2.05, 4.69) is 59.9 Å². The van der Waals surface area contributed by atoms with Crippen molar-refractivity contribution in [3.8, 4) is 0 Å². The first kappa shape index (κ1) is 11.7. The van der Waals surface area contributed by atoms with Crippen LogP contribution in [0, 0.1) is 0 Å². The molecule has 4 nitrogen and oxygen atoms in total. The summed E-state index contributed by atoms with van der Waals surface area (Å²) in [6.07, 6.45) is 0. The van der Waals surface area contributed by atoms with Crippen LogP contribution in [0.3, 0.4) is 0 Å². The number of aromatic nitrogens is 4. The summed E-state index contributed by atoms with van der Waals surface area (Å²) in [6.45, 7) is 0. The third kappa shape index (κ3) is 1.54. The van der Waals surface area contributed by atoms with Gasteiger partial charge in [-0.25, -0.2) is 0 Å². The Morgan fingerprint density at radius 2 is 1.06 bits per heavy atom. The summed E-state index contributed by atoms with van der Waals surface area (Å²) < 4.78 is 20.0. The normalized spacial score (nSPS) is 11.9. The summed E-state index contributed by atoms with van der Waals surface area (Å²) in [5.74, 6) is 0. The van der Waals surface area contributed by atoms with Gasteiger partial charge in [0, 0.05) is 0 Å². The first-order valence-corrected chi connectivity index (χ1v) is 9.56. The standard InChI is InChI=1S/C10H2Br2N4Se2/c11-5-1-3-4(8-9(5)15-18-14-8)2-6(12)10-7(3)13-17-16-10/h1-2H. The minimum absolute atomic E-state index is 0.0317. The zero-order valence-corrected chi connectivity index (χ0v) is 15.1. The molecule has 8 heteroatoms. The van der Waals surface area contributed by atoms with Crippen molar-refractivity contribution in [2.75, 3.05) is 0 Å². The molecule has 0 aliphatic carbocycles. The summed E-state index contributed by atoms with van der Waals surface area (Å²) >= 11 is 7.08. The van der Waals surface area contributed by atoms with Crippen molar-refractivity contribution in [2.24, 2.45) is 0 Å². The minimum atomic E-state index is -0.0317. The molecule has 0 amide bonds. The topological polar surface area (TPSA) is 51.6 Å². The molecule has 0 spiro atoms. The number of halogens is 2. The molecule has 0 atom stereocenters. The van der Waals surface area contributed by atoms with Gasteiger partial charge >= 0.3 is 132 Å². The molecular weight excluding hydrogens is 494 g/mol. The van der Waals surface area contributed by atoms with Gasteiger partial charge in [0.1, 0.15) is 0 Å². The van der Waals surface area contributed by atoms with E-state index in [1.807, 2.05) is 0 Å². The molecule has 2 heterocycles. The summed E-state index contributed by atoms with van der Waals surface area (Å²) in [4.78, 5) is 0. The molecule has 0 saturated heterocycles. The van der Waals surface area contributed by atoms with Gasteiger partial charge in [-0.3, -0.25) is 0 Å². The van der Waals surface area contributed by atoms with E-state index in [0.29, 0.717) is 0 Å². The molecule has 88 valence electrons. The Balaban J connectivity index is 2.40. The van der Waals surface area contributed by atoms with E-state index < -0.39 is 0 Å². The summed E-state index contributed by atoms with van der Waals surface area (Å²) in [5.41, 5.74) is 3.90. The van der Waals surface area contributed by atoms with Gasteiger partial charge < -0.3 is 0 Å². The fraction of sp³-hybridized carbons (Fsp3) is 0. The van der Waals surface area contributed by atoms with Gasteiger partial charge in [-0.15, -0.1) is 0 Å². The first-order valence-electron chi connectivity index (χ1n) is 4.91. The molecule has 0 unspecified atom stereocenters. The quantitative estimate of drug-likeness (QED) is 0.352. The second-order valence-electron chi connectivity index (χ2n) is 3.73. The first-order chi connectivity index (χ1) is 8.75. The average molecular weight is 496 g/mol. The number of hydrogen-bond acceptors (Lipinski definition) is 4. The van der Waals surface area contributed by atoms with Gasteiger partial charge in [0.05, 0.1) is 0 Å². The molecule has 0 bridgehead atoms. The van der Waals surface area contributed by atoms with E-state index in [4.69, 9.17) is 0 Å². The van der Waals surface area contributed by atoms with E-state index >= 15 is 0 Å². The Hall–Kier alpha value is -0.101. The van der Waals surface area contributed by atoms with Crippen LogP contribution < -0.4 is 0 Å². The van der Waals surface area contributed by atoms with E-state index in [1.165, 1.54) is 0 Å². The molecule has 2 aromatic heterocycles. The summed E-state index contributed by atoms with van der Waals surface area (Å²) in [5, 5.41) is 2.22. The third-order valence-electron chi connectivity index (χ3n) is 2.77. The predicted molar refractivity (Wildman–Crippen MR) is 79.4 cm³/mol. The molecule has 2 aromatic carbocycles. The van der Waals surface area contributed by atoms with Crippen LogP contribution in [0.4, 0.5) is 0 Å². The van der Waals surface area contributed by atoms with E-state index in [9.17, 15) is 0 Å². The van der Waals surface area contributed by atoms with Crippen molar-refractivity contribution in [1.29, 1.82) is 0 Å². The van der Waals surface area contributed by atoms with Gasteiger partial charge in [-0.05, 0) is 0 Å². The molecule has 0 fully saturated rings. The second kappa shape index (κ2) is 4.20. The zero-order valence-electron chi connectivity index (χ0n) is 8.52. The molecule has 0 aliphatic heterocycles. The Morgan fingerprint density at radius 1 is 0.667 bits per heavy atom. The van der Waals surface area contributed by atoms with Crippen LogP contribution in [0.25, 0.3) is 32.8 Å². The van der Waals surface area contributed by atoms with Crippen molar-refractivity contribution >= 4 is 94.6 Å². The molecule has 0 radical (unpaired) electrons.